The Bertz CT molecular complexity index is 129. The van der Waals surface area contributed by atoms with Crippen molar-refractivity contribution in [1.82, 2.24) is 0 Å². The van der Waals surface area contributed by atoms with E-state index >= 15 is 0 Å². The smallest absolute Gasteiger partial charge is 0.279 e. The normalized spacial score (nSPS) is 12.2. The van der Waals surface area contributed by atoms with Crippen LogP contribution in [-0.4, -0.2) is 18.1 Å². The molecule has 8 heteroatoms. The Morgan fingerprint density at radius 1 is 0.818 bits per heavy atom. The average Bonchev–Trinajstić information content (AvgIpc) is 1.59. The highest BCUT2D eigenvalue weighted by Gasteiger charge is 2.55. The first-order valence-corrected chi connectivity index (χ1v) is 1.84. The van der Waals surface area contributed by atoms with Crippen LogP contribution < -0.4 is 0 Å². The molecular formula is C3HClF6O. The Morgan fingerprint density at radius 3 is 1.00 bits per heavy atom. The number of ketones is 1. The molecule has 0 aromatic heterocycles. The van der Waals surface area contributed by atoms with Gasteiger partial charge in [0.2, 0.25) is 0 Å². The molecule has 0 radical (unpaired) electrons. The Balaban J connectivity index is 0. The van der Waals surface area contributed by atoms with Gasteiger partial charge in [-0.3, -0.25) is 4.79 Å². The largest absolute Gasteiger partial charge is 0.459 e. The quantitative estimate of drug-likeness (QED) is 0.550. The zero-order valence-corrected chi connectivity index (χ0v) is 5.40. The van der Waals surface area contributed by atoms with E-state index in [9.17, 15) is 31.1 Å². The Morgan fingerprint density at radius 2 is 1.00 bits per heavy atom. The summed E-state index contributed by atoms with van der Waals surface area (Å²) in [4.78, 5) is 9.24. The molecule has 0 atom stereocenters. The molecule has 0 N–H and O–H groups in total. The second-order valence-corrected chi connectivity index (χ2v) is 1.32. The van der Waals surface area contributed by atoms with Gasteiger partial charge in [-0.05, 0) is 0 Å². The van der Waals surface area contributed by atoms with Crippen molar-refractivity contribution in [2.24, 2.45) is 0 Å². The summed E-state index contributed by atoms with van der Waals surface area (Å²) in [6.45, 7) is 0. The first kappa shape index (κ1) is 13.2. The van der Waals surface area contributed by atoms with Crippen molar-refractivity contribution in [1.29, 1.82) is 0 Å². The zero-order valence-electron chi connectivity index (χ0n) is 4.58. The highest BCUT2D eigenvalue weighted by atomic mass is 35.5. The van der Waals surface area contributed by atoms with Gasteiger partial charge in [0.05, 0.1) is 0 Å². The lowest BCUT2D eigenvalue weighted by Gasteiger charge is -2.06. The molecule has 0 saturated carbocycles. The lowest BCUT2D eigenvalue weighted by molar-refractivity contribution is -0.217. The molecule has 0 aromatic rings. The topological polar surface area (TPSA) is 17.1 Å². The highest BCUT2D eigenvalue weighted by molar-refractivity contribution is 5.89. The van der Waals surface area contributed by atoms with Crippen LogP contribution in [0, 0.1) is 0 Å². The predicted octanol–water partition coefficient (Wildman–Crippen LogP) is 2.10. The number of rotatable bonds is 0. The van der Waals surface area contributed by atoms with Gasteiger partial charge in [-0.2, -0.15) is 26.3 Å². The maximum atomic E-state index is 10.9. The number of alkyl halides is 6. The molecule has 0 aliphatic carbocycles. The molecule has 0 rings (SSSR count). The molecule has 0 heterocycles. The summed E-state index contributed by atoms with van der Waals surface area (Å²) in [5.41, 5.74) is 0. The molecule has 0 unspecified atom stereocenters. The van der Waals surface area contributed by atoms with Gasteiger partial charge < -0.3 is 0 Å². The molecule has 0 spiro atoms. The molecule has 68 valence electrons. The number of carbonyl (C=O) groups is 1. The molecule has 0 fully saturated rings. The number of Topliss-reactive ketones (excluding diaryl/α,β-unsaturated/α-hetero) is 1. The first-order chi connectivity index (χ1) is 4.15. The van der Waals surface area contributed by atoms with Gasteiger partial charge in [0.1, 0.15) is 0 Å². The molecule has 0 aliphatic rings. The van der Waals surface area contributed by atoms with Crippen LogP contribution in [0.4, 0.5) is 26.3 Å². The lowest BCUT2D eigenvalue weighted by atomic mass is 10.4. The van der Waals surface area contributed by atoms with Gasteiger partial charge in [-0.25, -0.2) is 0 Å². The van der Waals surface area contributed by atoms with E-state index in [1.54, 1.807) is 0 Å². The fourth-order valence-corrected chi connectivity index (χ4v) is 0.161. The minimum atomic E-state index is -5.82. The van der Waals surface area contributed by atoms with Crippen LogP contribution in [0.3, 0.4) is 0 Å². The Hall–Kier alpha value is -0.460. The summed E-state index contributed by atoms with van der Waals surface area (Å²) in [6, 6.07) is 0. The maximum absolute atomic E-state index is 10.9. The SMILES string of the molecule is Cl.O=C(C(F)(F)F)C(F)(F)F. The average molecular weight is 202 g/mol. The summed E-state index contributed by atoms with van der Waals surface area (Å²) in [5.74, 6) is -3.68. The highest BCUT2D eigenvalue weighted by Crippen LogP contribution is 2.28. The Kier molecular flexibility index (Phi) is 3.94. The number of hydrogen-bond acceptors (Lipinski definition) is 1. The van der Waals surface area contributed by atoms with E-state index in [0.29, 0.717) is 0 Å². The number of carbonyl (C=O) groups excluding carboxylic acids is 1. The summed E-state index contributed by atoms with van der Waals surface area (Å²) >= 11 is 0. The second-order valence-electron chi connectivity index (χ2n) is 1.32. The lowest BCUT2D eigenvalue weighted by Crippen LogP contribution is -2.36. The van der Waals surface area contributed by atoms with Crippen molar-refractivity contribution in [3.05, 3.63) is 0 Å². The summed E-state index contributed by atoms with van der Waals surface area (Å²) < 4.78 is 65.3. The minimum Gasteiger partial charge on any atom is -0.279 e. The third kappa shape index (κ3) is 4.07. The zero-order chi connectivity index (χ0) is 8.58. The van der Waals surface area contributed by atoms with E-state index in [1.165, 1.54) is 0 Å². The van der Waals surface area contributed by atoms with E-state index in [-0.39, 0.29) is 12.4 Å². The molecule has 0 saturated heterocycles. The van der Waals surface area contributed by atoms with Crippen LogP contribution in [-0.2, 0) is 4.79 Å². The van der Waals surface area contributed by atoms with Crippen LogP contribution in [0.1, 0.15) is 0 Å². The minimum absolute atomic E-state index is 0. The van der Waals surface area contributed by atoms with Crippen molar-refractivity contribution in [2.45, 2.75) is 12.4 Å². The van der Waals surface area contributed by atoms with Gasteiger partial charge >= 0.3 is 18.1 Å². The van der Waals surface area contributed by atoms with Crippen LogP contribution in [0.25, 0.3) is 0 Å². The van der Waals surface area contributed by atoms with E-state index in [0.717, 1.165) is 0 Å². The van der Waals surface area contributed by atoms with Crippen molar-refractivity contribution in [2.75, 3.05) is 0 Å². The summed E-state index contributed by atoms with van der Waals surface area (Å²) in [6.07, 6.45) is -11.6. The molecule has 0 bridgehead atoms. The van der Waals surface area contributed by atoms with E-state index < -0.39 is 18.1 Å². The monoisotopic (exact) mass is 202 g/mol. The van der Waals surface area contributed by atoms with Gasteiger partial charge in [0, 0.05) is 0 Å². The van der Waals surface area contributed by atoms with Crippen molar-refractivity contribution < 1.29 is 31.1 Å². The molecule has 0 aliphatic heterocycles. The van der Waals surface area contributed by atoms with Crippen molar-refractivity contribution in [3.63, 3.8) is 0 Å². The van der Waals surface area contributed by atoms with Gasteiger partial charge in [-0.15, -0.1) is 12.4 Å². The maximum Gasteiger partial charge on any atom is 0.459 e. The van der Waals surface area contributed by atoms with Crippen LogP contribution >= 0.6 is 12.4 Å². The summed E-state index contributed by atoms with van der Waals surface area (Å²) in [5, 5.41) is 0. The van der Waals surface area contributed by atoms with E-state index in [2.05, 4.69) is 0 Å². The second kappa shape index (κ2) is 3.29. The van der Waals surface area contributed by atoms with Crippen molar-refractivity contribution >= 4 is 18.2 Å². The number of halogens is 7. The van der Waals surface area contributed by atoms with E-state index in [1.807, 2.05) is 0 Å². The standard InChI is InChI=1S/C3F6O.ClH/c4-2(5,6)1(10)3(7,8)9;/h;1H. The number of hydrogen-bond donors (Lipinski definition) is 0. The van der Waals surface area contributed by atoms with Crippen LogP contribution in [0.5, 0.6) is 0 Å². The van der Waals surface area contributed by atoms with E-state index in [4.69, 9.17) is 0 Å². The van der Waals surface area contributed by atoms with Gasteiger partial charge in [-0.1, -0.05) is 0 Å². The fraction of sp³-hybridized carbons (Fsp3) is 0.667. The fourth-order valence-electron chi connectivity index (χ4n) is 0.161. The van der Waals surface area contributed by atoms with Gasteiger partial charge in [0.25, 0.3) is 0 Å². The van der Waals surface area contributed by atoms with Crippen LogP contribution in [0.2, 0.25) is 0 Å². The third-order valence-corrected chi connectivity index (χ3v) is 0.515. The predicted molar refractivity (Wildman–Crippen MR) is 24.4 cm³/mol. The molecule has 0 amide bonds. The molecule has 0 aromatic carbocycles. The third-order valence-electron chi connectivity index (χ3n) is 0.515. The molecule has 1 nitrogen and oxygen atoms in total. The summed E-state index contributed by atoms with van der Waals surface area (Å²) in [7, 11) is 0. The molecular weight excluding hydrogens is 201 g/mol. The van der Waals surface area contributed by atoms with Crippen LogP contribution in [0.15, 0.2) is 0 Å². The van der Waals surface area contributed by atoms with Gasteiger partial charge in [0.15, 0.2) is 0 Å². The van der Waals surface area contributed by atoms with Crippen molar-refractivity contribution in [3.8, 4) is 0 Å². The Labute approximate surface area is 62.8 Å². The first-order valence-electron chi connectivity index (χ1n) is 1.84. The molecule has 11 heavy (non-hydrogen) atoms.